The Morgan fingerprint density at radius 1 is 1.35 bits per heavy atom. The number of hydrogen-bond donors (Lipinski definition) is 0. The number of piperidine rings is 1. The van der Waals surface area contributed by atoms with Gasteiger partial charge in [-0.15, -0.1) is 0 Å². The van der Waals surface area contributed by atoms with Gasteiger partial charge in [0.2, 0.25) is 0 Å². The molecule has 0 radical (unpaired) electrons. The highest BCUT2D eigenvalue weighted by molar-refractivity contribution is 5.84. The predicted octanol–water partition coefficient (Wildman–Crippen LogP) is 2.85. The molecule has 2 rings (SSSR count). The van der Waals surface area contributed by atoms with E-state index in [-0.39, 0.29) is 11.9 Å². The fourth-order valence-corrected chi connectivity index (χ4v) is 3.39. The lowest BCUT2D eigenvalue weighted by molar-refractivity contribution is -0.156. The molecule has 1 aliphatic heterocycles. The number of nitrogens with zero attached hydrogens (tertiary/aromatic N) is 1. The highest BCUT2D eigenvalue weighted by atomic mass is 16.5. The number of hydrogen-bond acceptors (Lipinski definition) is 3. The fourth-order valence-electron chi connectivity index (χ4n) is 3.39. The summed E-state index contributed by atoms with van der Waals surface area (Å²) in [4.78, 5) is 15.1. The molecule has 1 aromatic carbocycles. The van der Waals surface area contributed by atoms with Gasteiger partial charge in [-0.2, -0.15) is 0 Å². The van der Waals surface area contributed by atoms with Crippen LogP contribution in [0.15, 0.2) is 30.3 Å². The van der Waals surface area contributed by atoms with Crippen molar-refractivity contribution in [2.75, 3.05) is 20.2 Å². The minimum atomic E-state index is -0.511. The Kier molecular flexibility index (Phi) is 4.48. The number of likely N-dealkylation sites (tertiary alicyclic amines) is 1. The van der Waals surface area contributed by atoms with Crippen molar-refractivity contribution < 1.29 is 9.53 Å². The smallest absolute Gasteiger partial charge is 0.316 e. The van der Waals surface area contributed by atoms with Gasteiger partial charge in [0.05, 0.1) is 12.0 Å². The van der Waals surface area contributed by atoms with E-state index in [4.69, 9.17) is 4.74 Å². The number of carbonyl (C=O) groups excluding carboxylic acids is 1. The molecule has 110 valence electrons. The number of ether oxygens (including phenoxy) is 1. The lowest BCUT2D eigenvalue weighted by Crippen LogP contribution is -2.56. The molecule has 0 N–H and O–H groups in total. The van der Waals surface area contributed by atoms with Crippen LogP contribution in [-0.2, 0) is 14.9 Å². The van der Waals surface area contributed by atoms with Crippen LogP contribution in [-0.4, -0.2) is 37.1 Å². The molecule has 0 aromatic heterocycles. The van der Waals surface area contributed by atoms with Crippen molar-refractivity contribution in [2.45, 2.75) is 38.6 Å². The van der Waals surface area contributed by atoms with E-state index in [0.717, 1.165) is 18.5 Å². The molecule has 1 saturated heterocycles. The van der Waals surface area contributed by atoms with Crippen molar-refractivity contribution in [1.82, 2.24) is 4.90 Å². The minimum absolute atomic E-state index is 0.0707. The first-order valence-electron chi connectivity index (χ1n) is 7.45. The van der Waals surface area contributed by atoms with E-state index < -0.39 is 5.41 Å². The summed E-state index contributed by atoms with van der Waals surface area (Å²) in [6.45, 7) is 7.56. The van der Waals surface area contributed by atoms with Gasteiger partial charge in [-0.1, -0.05) is 37.3 Å². The molecule has 0 amide bonds. The largest absolute Gasteiger partial charge is 0.465 e. The molecule has 0 bridgehead atoms. The van der Waals surface area contributed by atoms with Crippen molar-refractivity contribution in [2.24, 2.45) is 5.92 Å². The molecule has 1 heterocycles. The maximum absolute atomic E-state index is 12.7. The summed E-state index contributed by atoms with van der Waals surface area (Å²) in [7, 11) is 2.13. The second-order valence-corrected chi connectivity index (χ2v) is 5.95. The molecule has 3 unspecified atom stereocenters. The summed E-state index contributed by atoms with van der Waals surface area (Å²) in [6.07, 6.45) is 0.813. The monoisotopic (exact) mass is 275 g/mol. The van der Waals surface area contributed by atoms with Crippen molar-refractivity contribution in [3.05, 3.63) is 35.9 Å². The first-order valence-corrected chi connectivity index (χ1v) is 7.45. The molecule has 0 saturated carbocycles. The molecule has 3 nitrogen and oxygen atoms in total. The zero-order chi connectivity index (χ0) is 14.8. The van der Waals surface area contributed by atoms with Crippen LogP contribution in [0, 0.1) is 5.92 Å². The van der Waals surface area contributed by atoms with Gasteiger partial charge in [0.25, 0.3) is 0 Å². The third-order valence-corrected chi connectivity index (χ3v) is 4.70. The van der Waals surface area contributed by atoms with Gasteiger partial charge in [-0.25, -0.2) is 0 Å². The van der Waals surface area contributed by atoms with Crippen LogP contribution >= 0.6 is 0 Å². The third kappa shape index (κ3) is 2.47. The Morgan fingerprint density at radius 2 is 2.00 bits per heavy atom. The maximum atomic E-state index is 12.7. The predicted molar refractivity (Wildman–Crippen MR) is 80.6 cm³/mol. The Labute approximate surface area is 121 Å². The Bertz CT molecular complexity index is 459. The molecular weight excluding hydrogens is 250 g/mol. The van der Waals surface area contributed by atoms with Gasteiger partial charge in [-0.3, -0.25) is 4.79 Å². The van der Waals surface area contributed by atoms with Crippen molar-refractivity contribution in [3.63, 3.8) is 0 Å². The molecule has 3 heteroatoms. The standard InChI is InChI=1S/C17H25NO2/c1-5-20-16(19)17(15-9-7-6-8-10-15)11-14(3)18(4)12-13(17)2/h6-10,13-14H,5,11-12H2,1-4H3. The molecule has 3 atom stereocenters. The number of carbonyl (C=O) groups is 1. The van der Waals surface area contributed by atoms with E-state index in [0.29, 0.717) is 12.6 Å². The van der Waals surface area contributed by atoms with Gasteiger partial charge >= 0.3 is 5.97 Å². The van der Waals surface area contributed by atoms with E-state index in [2.05, 4.69) is 37.9 Å². The number of benzene rings is 1. The maximum Gasteiger partial charge on any atom is 0.316 e. The van der Waals surface area contributed by atoms with Crippen molar-refractivity contribution >= 4 is 5.97 Å². The van der Waals surface area contributed by atoms with E-state index >= 15 is 0 Å². The zero-order valence-electron chi connectivity index (χ0n) is 12.9. The first-order chi connectivity index (χ1) is 9.52. The molecule has 1 aromatic rings. The SMILES string of the molecule is CCOC(=O)C1(c2ccccc2)CC(C)N(C)CC1C. The summed E-state index contributed by atoms with van der Waals surface area (Å²) in [6, 6.07) is 10.5. The topological polar surface area (TPSA) is 29.5 Å². The van der Waals surface area contributed by atoms with Crippen LogP contribution in [0.4, 0.5) is 0 Å². The summed E-state index contributed by atoms with van der Waals surface area (Å²) < 4.78 is 5.44. The molecular formula is C17H25NO2. The van der Waals surface area contributed by atoms with E-state index in [1.165, 1.54) is 0 Å². The number of esters is 1. The summed E-state index contributed by atoms with van der Waals surface area (Å²) in [5.74, 6) is 0.170. The average Bonchev–Trinajstić information content (AvgIpc) is 2.44. The normalized spacial score (nSPS) is 31.0. The lowest BCUT2D eigenvalue weighted by Gasteiger charge is -2.47. The quantitative estimate of drug-likeness (QED) is 0.794. The van der Waals surface area contributed by atoms with Crippen LogP contribution in [0.1, 0.15) is 32.8 Å². The van der Waals surface area contributed by atoms with Crippen molar-refractivity contribution in [1.29, 1.82) is 0 Å². The van der Waals surface area contributed by atoms with Gasteiger partial charge < -0.3 is 9.64 Å². The average molecular weight is 275 g/mol. The van der Waals surface area contributed by atoms with Crippen molar-refractivity contribution in [3.8, 4) is 0 Å². The second kappa shape index (κ2) is 5.96. The van der Waals surface area contributed by atoms with Crippen LogP contribution < -0.4 is 0 Å². The lowest BCUT2D eigenvalue weighted by atomic mass is 9.64. The first kappa shape index (κ1) is 15.0. The molecule has 0 aliphatic carbocycles. The van der Waals surface area contributed by atoms with Crippen LogP contribution in [0.5, 0.6) is 0 Å². The van der Waals surface area contributed by atoms with Gasteiger partial charge in [0.1, 0.15) is 0 Å². The Hall–Kier alpha value is -1.35. The van der Waals surface area contributed by atoms with Gasteiger partial charge in [0, 0.05) is 12.6 Å². The van der Waals surface area contributed by atoms with Crippen LogP contribution in [0.2, 0.25) is 0 Å². The minimum Gasteiger partial charge on any atom is -0.465 e. The Morgan fingerprint density at radius 3 is 2.60 bits per heavy atom. The summed E-state index contributed by atoms with van der Waals surface area (Å²) in [5.41, 5.74) is 0.578. The van der Waals surface area contributed by atoms with Gasteiger partial charge in [-0.05, 0) is 38.8 Å². The Balaban J connectivity index is 2.47. The van der Waals surface area contributed by atoms with E-state index in [9.17, 15) is 4.79 Å². The second-order valence-electron chi connectivity index (χ2n) is 5.95. The third-order valence-electron chi connectivity index (χ3n) is 4.70. The molecule has 0 spiro atoms. The summed E-state index contributed by atoms with van der Waals surface area (Å²) >= 11 is 0. The number of rotatable bonds is 3. The zero-order valence-corrected chi connectivity index (χ0v) is 12.9. The van der Waals surface area contributed by atoms with Crippen LogP contribution in [0.3, 0.4) is 0 Å². The highest BCUT2D eigenvalue weighted by Crippen LogP contribution is 2.42. The van der Waals surface area contributed by atoms with Crippen LogP contribution in [0.25, 0.3) is 0 Å². The summed E-state index contributed by atoms with van der Waals surface area (Å²) in [5, 5.41) is 0. The van der Waals surface area contributed by atoms with E-state index in [1.54, 1.807) is 0 Å². The fraction of sp³-hybridized carbons (Fsp3) is 0.588. The molecule has 1 aliphatic rings. The molecule has 20 heavy (non-hydrogen) atoms. The van der Waals surface area contributed by atoms with Gasteiger partial charge in [0.15, 0.2) is 0 Å². The highest BCUT2D eigenvalue weighted by Gasteiger charge is 2.50. The molecule has 1 fully saturated rings. The van der Waals surface area contributed by atoms with E-state index in [1.807, 2.05) is 25.1 Å².